The molecule has 0 saturated heterocycles. The number of carbonyl (C=O) groups excluding carboxylic acids is 1. The van der Waals surface area contributed by atoms with E-state index in [1.165, 1.54) is 0 Å². The summed E-state index contributed by atoms with van der Waals surface area (Å²) in [5.41, 5.74) is 0.732. The highest BCUT2D eigenvalue weighted by molar-refractivity contribution is 6.07. The van der Waals surface area contributed by atoms with Gasteiger partial charge in [-0.05, 0) is 24.3 Å². The van der Waals surface area contributed by atoms with Gasteiger partial charge in [0.05, 0.1) is 7.11 Å². The first-order valence-corrected chi connectivity index (χ1v) is 6.08. The van der Waals surface area contributed by atoms with E-state index in [1.54, 1.807) is 37.4 Å². The molecule has 0 aliphatic heterocycles. The normalized spacial score (nSPS) is 11.4. The average Bonchev–Trinajstić information content (AvgIpc) is 2.87. The van der Waals surface area contributed by atoms with E-state index in [9.17, 15) is 4.79 Å². The van der Waals surface area contributed by atoms with Crippen LogP contribution in [-0.4, -0.2) is 18.0 Å². The second-order valence-corrected chi connectivity index (χ2v) is 5.38. The number of nitrogens with zero attached hydrogens (tertiary/aromatic N) is 1. The van der Waals surface area contributed by atoms with Gasteiger partial charge in [0.15, 0.2) is 5.69 Å². The smallest absolute Gasteiger partial charge is 0.214 e. The van der Waals surface area contributed by atoms with Crippen LogP contribution in [0.1, 0.15) is 42.6 Å². The van der Waals surface area contributed by atoms with Crippen LogP contribution in [0.5, 0.6) is 5.75 Å². The molecule has 1 heterocycles. The maximum absolute atomic E-state index is 12.2. The van der Waals surface area contributed by atoms with E-state index in [1.807, 2.05) is 20.8 Å². The average molecular weight is 259 g/mol. The number of rotatable bonds is 3. The Labute approximate surface area is 112 Å². The number of methoxy groups -OCH3 is 1. The number of benzene rings is 1. The molecule has 0 aliphatic rings. The first-order valence-electron chi connectivity index (χ1n) is 6.08. The van der Waals surface area contributed by atoms with Gasteiger partial charge in [-0.1, -0.05) is 25.9 Å². The molecule has 4 nitrogen and oxygen atoms in total. The van der Waals surface area contributed by atoms with Crippen LogP contribution >= 0.6 is 0 Å². The lowest BCUT2D eigenvalue weighted by Crippen LogP contribution is -2.09. The third kappa shape index (κ3) is 2.84. The SMILES string of the molecule is COc1ccc(C(=O)c2cc(C(C)(C)C)on2)cc1. The molecule has 0 saturated carbocycles. The molecule has 2 aromatic rings. The van der Waals surface area contributed by atoms with Crippen molar-refractivity contribution in [2.24, 2.45) is 0 Å². The zero-order chi connectivity index (χ0) is 14.0. The largest absolute Gasteiger partial charge is 0.497 e. The predicted molar refractivity (Wildman–Crippen MR) is 71.6 cm³/mol. The molecule has 0 fully saturated rings. The van der Waals surface area contributed by atoms with E-state index in [-0.39, 0.29) is 11.2 Å². The lowest BCUT2D eigenvalue weighted by molar-refractivity contribution is 0.103. The number of aromatic nitrogens is 1. The maximum Gasteiger partial charge on any atom is 0.214 e. The molecule has 100 valence electrons. The van der Waals surface area contributed by atoms with E-state index in [4.69, 9.17) is 9.26 Å². The Hall–Kier alpha value is -2.10. The summed E-state index contributed by atoms with van der Waals surface area (Å²) in [5, 5.41) is 3.85. The molecule has 0 radical (unpaired) electrons. The third-order valence-corrected chi connectivity index (χ3v) is 2.83. The number of hydrogen-bond acceptors (Lipinski definition) is 4. The Kier molecular flexibility index (Phi) is 3.42. The molecule has 0 bridgehead atoms. The summed E-state index contributed by atoms with van der Waals surface area (Å²) in [4.78, 5) is 12.2. The fourth-order valence-electron chi connectivity index (χ4n) is 1.63. The summed E-state index contributed by atoms with van der Waals surface area (Å²) < 4.78 is 10.3. The Morgan fingerprint density at radius 1 is 1.21 bits per heavy atom. The van der Waals surface area contributed by atoms with E-state index in [0.717, 1.165) is 0 Å². The molecule has 0 atom stereocenters. The molecule has 0 aliphatic carbocycles. The van der Waals surface area contributed by atoms with Gasteiger partial charge in [0, 0.05) is 17.0 Å². The van der Waals surface area contributed by atoms with Crippen LogP contribution in [0.3, 0.4) is 0 Å². The van der Waals surface area contributed by atoms with Crippen molar-refractivity contribution in [1.29, 1.82) is 0 Å². The Balaban J connectivity index is 2.26. The third-order valence-electron chi connectivity index (χ3n) is 2.83. The fraction of sp³-hybridized carbons (Fsp3) is 0.333. The molecular formula is C15H17NO3. The molecular weight excluding hydrogens is 242 g/mol. The molecule has 0 N–H and O–H groups in total. The Bertz CT molecular complexity index is 576. The van der Waals surface area contributed by atoms with Crippen molar-refractivity contribution in [3.05, 3.63) is 47.3 Å². The van der Waals surface area contributed by atoms with Crippen molar-refractivity contribution in [2.45, 2.75) is 26.2 Å². The van der Waals surface area contributed by atoms with Crippen LogP contribution in [0.15, 0.2) is 34.9 Å². The van der Waals surface area contributed by atoms with Crippen LogP contribution < -0.4 is 4.74 Å². The zero-order valence-corrected chi connectivity index (χ0v) is 11.6. The van der Waals surface area contributed by atoms with Gasteiger partial charge in [0.1, 0.15) is 11.5 Å². The summed E-state index contributed by atoms with van der Waals surface area (Å²) in [6.45, 7) is 6.03. The number of hydrogen-bond donors (Lipinski definition) is 0. The summed E-state index contributed by atoms with van der Waals surface area (Å²) >= 11 is 0. The van der Waals surface area contributed by atoms with E-state index in [0.29, 0.717) is 22.8 Å². The quantitative estimate of drug-likeness (QED) is 0.794. The van der Waals surface area contributed by atoms with Crippen LogP contribution in [0, 0.1) is 0 Å². The molecule has 1 aromatic carbocycles. The lowest BCUT2D eigenvalue weighted by atomic mass is 9.93. The standard InChI is InChI=1S/C15H17NO3/c1-15(2,3)13-9-12(16-19-13)14(17)10-5-7-11(18-4)8-6-10/h5-9H,1-4H3. The van der Waals surface area contributed by atoms with Crippen molar-refractivity contribution in [2.75, 3.05) is 7.11 Å². The summed E-state index contributed by atoms with van der Waals surface area (Å²) in [7, 11) is 1.59. The van der Waals surface area contributed by atoms with Gasteiger partial charge in [-0.3, -0.25) is 4.79 Å². The van der Waals surface area contributed by atoms with Crippen LogP contribution in [0.4, 0.5) is 0 Å². The van der Waals surface area contributed by atoms with Crippen LogP contribution in [0.25, 0.3) is 0 Å². The van der Waals surface area contributed by atoms with Crippen LogP contribution in [0.2, 0.25) is 0 Å². The van der Waals surface area contributed by atoms with Crippen molar-refractivity contribution in [3.8, 4) is 5.75 Å². The Morgan fingerprint density at radius 3 is 2.32 bits per heavy atom. The zero-order valence-electron chi connectivity index (χ0n) is 11.6. The van der Waals surface area contributed by atoms with Crippen LogP contribution in [-0.2, 0) is 5.41 Å². The lowest BCUT2D eigenvalue weighted by Gasteiger charge is -2.12. The maximum atomic E-state index is 12.2. The summed E-state index contributed by atoms with van der Waals surface area (Å²) in [5.74, 6) is 1.26. The van der Waals surface area contributed by atoms with Gasteiger partial charge in [-0.2, -0.15) is 0 Å². The van der Waals surface area contributed by atoms with E-state index in [2.05, 4.69) is 5.16 Å². The Morgan fingerprint density at radius 2 is 1.84 bits per heavy atom. The topological polar surface area (TPSA) is 52.3 Å². The summed E-state index contributed by atoms with van der Waals surface area (Å²) in [6.07, 6.45) is 0. The molecule has 0 spiro atoms. The summed E-state index contributed by atoms with van der Waals surface area (Å²) in [6, 6.07) is 8.63. The number of ketones is 1. The van der Waals surface area contributed by atoms with Gasteiger partial charge in [0.25, 0.3) is 0 Å². The van der Waals surface area contributed by atoms with Crippen molar-refractivity contribution >= 4 is 5.78 Å². The molecule has 2 rings (SSSR count). The monoisotopic (exact) mass is 259 g/mol. The van der Waals surface area contributed by atoms with Crippen molar-refractivity contribution in [1.82, 2.24) is 5.16 Å². The molecule has 4 heteroatoms. The minimum absolute atomic E-state index is 0.151. The van der Waals surface area contributed by atoms with Gasteiger partial charge < -0.3 is 9.26 Å². The van der Waals surface area contributed by atoms with Gasteiger partial charge in [-0.15, -0.1) is 0 Å². The van der Waals surface area contributed by atoms with Crippen molar-refractivity contribution in [3.63, 3.8) is 0 Å². The second-order valence-electron chi connectivity index (χ2n) is 5.38. The van der Waals surface area contributed by atoms with Gasteiger partial charge >= 0.3 is 0 Å². The fourth-order valence-corrected chi connectivity index (χ4v) is 1.63. The highest BCUT2D eigenvalue weighted by Crippen LogP contribution is 2.24. The second kappa shape index (κ2) is 4.88. The van der Waals surface area contributed by atoms with Gasteiger partial charge in [0.2, 0.25) is 5.78 Å². The number of carbonyl (C=O) groups is 1. The predicted octanol–water partition coefficient (Wildman–Crippen LogP) is 3.21. The molecule has 19 heavy (non-hydrogen) atoms. The first-order chi connectivity index (χ1) is 8.91. The minimum atomic E-state index is -0.161. The molecule has 1 aromatic heterocycles. The van der Waals surface area contributed by atoms with E-state index < -0.39 is 0 Å². The van der Waals surface area contributed by atoms with Gasteiger partial charge in [-0.25, -0.2) is 0 Å². The minimum Gasteiger partial charge on any atom is -0.497 e. The number of ether oxygens (including phenoxy) is 1. The van der Waals surface area contributed by atoms with Crippen molar-refractivity contribution < 1.29 is 14.1 Å². The van der Waals surface area contributed by atoms with E-state index >= 15 is 0 Å². The molecule has 0 unspecified atom stereocenters. The highest BCUT2D eigenvalue weighted by Gasteiger charge is 2.22. The molecule has 0 amide bonds. The highest BCUT2D eigenvalue weighted by atomic mass is 16.5. The first kappa shape index (κ1) is 13.3.